The van der Waals surface area contributed by atoms with Gasteiger partial charge in [-0.2, -0.15) is 0 Å². The maximum atomic E-state index is 5.98. The van der Waals surface area contributed by atoms with Crippen LogP contribution in [0.15, 0.2) is 66.2 Å². The Labute approximate surface area is 147 Å². The van der Waals surface area contributed by atoms with Gasteiger partial charge >= 0.3 is 0 Å². The van der Waals surface area contributed by atoms with Gasteiger partial charge in [0, 0.05) is 18.4 Å². The van der Waals surface area contributed by atoms with Gasteiger partial charge in [0.15, 0.2) is 0 Å². The molecule has 1 aromatic rings. The molecule has 0 N–H and O–H groups in total. The van der Waals surface area contributed by atoms with Gasteiger partial charge in [0.05, 0.1) is 0 Å². The van der Waals surface area contributed by atoms with Gasteiger partial charge in [-0.1, -0.05) is 49.4 Å². The van der Waals surface area contributed by atoms with Crippen LogP contribution in [0.4, 0.5) is 0 Å². The first kappa shape index (κ1) is 19.6. The van der Waals surface area contributed by atoms with Crippen LogP contribution in [0, 0.1) is 19.3 Å². The number of hydrogen-bond donors (Lipinski definition) is 0. The molecule has 0 bridgehead atoms. The van der Waals surface area contributed by atoms with Crippen LogP contribution in [0.1, 0.15) is 51.2 Å². The summed E-state index contributed by atoms with van der Waals surface area (Å²) in [6.07, 6.45) is 14.8. The normalized spacial score (nSPS) is 16.7. The molecule has 1 aliphatic heterocycles. The Morgan fingerprint density at radius 2 is 2.00 bits per heavy atom. The summed E-state index contributed by atoms with van der Waals surface area (Å²) < 4.78 is 5.98. The molecule has 1 aliphatic carbocycles. The molecule has 24 heavy (non-hydrogen) atoms. The minimum absolute atomic E-state index is 0. The van der Waals surface area contributed by atoms with E-state index in [1.165, 1.54) is 22.3 Å². The van der Waals surface area contributed by atoms with E-state index in [-0.39, 0.29) is 7.43 Å². The van der Waals surface area contributed by atoms with E-state index >= 15 is 0 Å². The summed E-state index contributed by atoms with van der Waals surface area (Å²) >= 11 is 0. The van der Waals surface area contributed by atoms with Gasteiger partial charge in [-0.3, -0.25) is 0 Å². The molecular formula is C23H28O. The lowest BCUT2D eigenvalue weighted by atomic mass is 9.92. The van der Waals surface area contributed by atoms with E-state index in [1.807, 2.05) is 6.92 Å². The highest BCUT2D eigenvalue weighted by atomic mass is 16.5. The van der Waals surface area contributed by atoms with Gasteiger partial charge in [0.2, 0.25) is 0 Å². The molecule has 1 nitrogen and oxygen atoms in total. The predicted molar refractivity (Wildman–Crippen MR) is 105 cm³/mol. The van der Waals surface area contributed by atoms with E-state index in [1.54, 1.807) is 6.08 Å². The lowest BCUT2D eigenvalue weighted by molar-refractivity contribution is 0.340. The first-order valence-electron chi connectivity index (χ1n) is 8.06. The maximum Gasteiger partial charge on any atom is 0.134 e. The molecule has 1 heterocycles. The van der Waals surface area contributed by atoms with Crippen molar-refractivity contribution in [1.29, 1.82) is 0 Å². The number of terminal acetylenes is 1. The summed E-state index contributed by atoms with van der Waals surface area (Å²) in [5, 5.41) is 0. The van der Waals surface area contributed by atoms with E-state index in [2.05, 4.69) is 55.8 Å². The predicted octanol–water partition coefficient (Wildman–Crippen LogP) is 6.58. The third-order valence-electron chi connectivity index (χ3n) is 3.93. The van der Waals surface area contributed by atoms with Crippen molar-refractivity contribution in [1.82, 2.24) is 0 Å². The number of ether oxygens (including phenoxy) is 1. The number of aryl methyl sites for hydroxylation is 1. The molecule has 1 aromatic carbocycles. The fraction of sp³-hybridized carbons (Fsp3) is 0.304. The van der Waals surface area contributed by atoms with Crippen molar-refractivity contribution in [2.24, 2.45) is 0 Å². The van der Waals surface area contributed by atoms with Crippen LogP contribution >= 0.6 is 0 Å². The molecule has 2 aliphatic rings. The number of hydrogen-bond acceptors (Lipinski definition) is 1. The quantitative estimate of drug-likeness (QED) is 0.441. The first-order chi connectivity index (χ1) is 11.2. The Balaban J connectivity index is 0.000000425. The van der Waals surface area contributed by atoms with Crippen LogP contribution in [0.5, 0.6) is 0 Å². The zero-order chi connectivity index (χ0) is 16.7. The number of benzene rings is 1. The Morgan fingerprint density at radius 3 is 2.54 bits per heavy atom. The third kappa shape index (κ3) is 4.77. The second kappa shape index (κ2) is 9.63. The SMILES string of the molecule is C.C#CCC=C.C/C=C1\CC2=C(O1)C(c1ccc(C)cc1)=CCC2. The van der Waals surface area contributed by atoms with Gasteiger partial charge in [-0.25, -0.2) is 0 Å². The van der Waals surface area contributed by atoms with E-state index in [0.717, 1.165) is 30.8 Å². The van der Waals surface area contributed by atoms with Crippen molar-refractivity contribution in [3.63, 3.8) is 0 Å². The van der Waals surface area contributed by atoms with Crippen LogP contribution in [0.2, 0.25) is 0 Å². The molecule has 1 heteroatoms. The molecule has 0 saturated heterocycles. The van der Waals surface area contributed by atoms with Crippen LogP contribution < -0.4 is 0 Å². The van der Waals surface area contributed by atoms with Gasteiger partial charge in [-0.15, -0.1) is 18.9 Å². The van der Waals surface area contributed by atoms with Crippen molar-refractivity contribution < 1.29 is 4.74 Å². The lowest BCUT2D eigenvalue weighted by Gasteiger charge is -2.15. The van der Waals surface area contributed by atoms with E-state index < -0.39 is 0 Å². The molecular weight excluding hydrogens is 292 g/mol. The van der Waals surface area contributed by atoms with Crippen molar-refractivity contribution in [2.45, 2.75) is 47.0 Å². The number of rotatable bonds is 2. The summed E-state index contributed by atoms with van der Waals surface area (Å²) in [4.78, 5) is 0. The second-order valence-electron chi connectivity index (χ2n) is 5.69. The number of allylic oxidation sites excluding steroid dienone is 5. The molecule has 0 aromatic heterocycles. The summed E-state index contributed by atoms with van der Waals surface area (Å²) in [5.74, 6) is 4.61. The molecule has 3 rings (SSSR count). The van der Waals surface area contributed by atoms with Gasteiger partial charge in [0.1, 0.15) is 11.5 Å². The van der Waals surface area contributed by atoms with Gasteiger partial charge in [0.25, 0.3) is 0 Å². The van der Waals surface area contributed by atoms with Gasteiger partial charge in [-0.05, 0) is 43.9 Å². The minimum Gasteiger partial charge on any atom is -0.461 e. The maximum absolute atomic E-state index is 5.98. The molecule has 0 amide bonds. The average Bonchev–Trinajstić information content (AvgIpc) is 3.00. The topological polar surface area (TPSA) is 9.23 Å². The highest BCUT2D eigenvalue weighted by Crippen LogP contribution is 2.42. The Kier molecular flexibility index (Phi) is 7.86. The third-order valence-corrected chi connectivity index (χ3v) is 3.93. The Morgan fingerprint density at radius 1 is 1.29 bits per heavy atom. The van der Waals surface area contributed by atoms with Crippen LogP contribution in [0.25, 0.3) is 5.57 Å². The average molecular weight is 320 g/mol. The minimum atomic E-state index is 0. The zero-order valence-electron chi connectivity index (χ0n) is 14.1. The summed E-state index contributed by atoms with van der Waals surface area (Å²) in [5.41, 5.74) is 5.30. The standard InChI is InChI=1S/C17H18O.C5H6.CH4/c1-3-15-11-14-5-4-6-16(17(14)18-15)13-9-7-12(2)8-10-13;1-3-5-4-2;/h3,6-10H,4-5,11H2,1-2H3;1,4H,2,5H2;1H4/b15-3+;;. The molecule has 126 valence electrons. The van der Waals surface area contributed by atoms with E-state index in [0.29, 0.717) is 6.42 Å². The monoisotopic (exact) mass is 320 g/mol. The van der Waals surface area contributed by atoms with Crippen LogP contribution in [-0.4, -0.2) is 0 Å². The summed E-state index contributed by atoms with van der Waals surface area (Å²) in [7, 11) is 0. The summed E-state index contributed by atoms with van der Waals surface area (Å²) in [6, 6.07) is 8.70. The largest absolute Gasteiger partial charge is 0.461 e. The summed E-state index contributed by atoms with van der Waals surface area (Å²) in [6.45, 7) is 7.57. The lowest BCUT2D eigenvalue weighted by Crippen LogP contribution is -1.97. The molecule has 0 atom stereocenters. The molecule has 0 radical (unpaired) electrons. The molecule has 0 spiro atoms. The van der Waals surface area contributed by atoms with Gasteiger partial charge < -0.3 is 4.74 Å². The molecule has 0 saturated carbocycles. The second-order valence-corrected chi connectivity index (χ2v) is 5.69. The smallest absolute Gasteiger partial charge is 0.134 e. The molecule has 0 unspecified atom stereocenters. The van der Waals surface area contributed by atoms with Crippen molar-refractivity contribution in [2.75, 3.05) is 0 Å². The zero-order valence-corrected chi connectivity index (χ0v) is 14.1. The van der Waals surface area contributed by atoms with E-state index in [4.69, 9.17) is 11.2 Å². The molecule has 0 fully saturated rings. The van der Waals surface area contributed by atoms with Crippen molar-refractivity contribution >= 4 is 5.57 Å². The Hall–Kier alpha value is -2.46. The highest BCUT2D eigenvalue weighted by Gasteiger charge is 2.26. The van der Waals surface area contributed by atoms with Crippen molar-refractivity contribution in [3.8, 4) is 12.3 Å². The fourth-order valence-electron chi connectivity index (χ4n) is 2.69. The van der Waals surface area contributed by atoms with E-state index in [9.17, 15) is 0 Å². The van der Waals surface area contributed by atoms with Crippen molar-refractivity contribution in [3.05, 3.63) is 77.3 Å². The fourth-order valence-corrected chi connectivity index (χ4v) is 2.69. The van der Waals surface area contributed by atoms with Crippen LogP contribution in [0.3, 0.4) is 0 Å². The first-order valence-corrected chi connectivity index (χ1v) is 8.06. The van der Waals surface area contributed by atoms with Crippen LogP contribution in [-0.2, 0) is 4.74 Å². The highest BCUT2D eigenvalue weighted by molar-refractivity contribution is 5.80. The Bertz CT molecular complexity index is 691.